The number of hydrogen-bond donors (Lipinski definition) is 1. The van der Waals surface area contributed by atoms with E-state index in [0.29, 0.717) is 10.0 Å². The Hall–Kier alpha value is -1.46. The molecule has 24 heavy (non-hydrogen) atoms. The van der Waals surface area contributed by atoms with Crippen LogP contribution in [0.4, 0.5) is 0 Å². The van der Waals surface area contributed by atoms with Gasteiger partial charge in [0.2, 0.25) is 6.79 Å². The van der Waals surface area contributed by atoms with Crippen molar-refractivity contribution in [2.24, 2.45) is 0 Å². The monoisotopic (exact) mass is 364 g/mol. The van der Waals surface area contributed by atoms with Gasteiger partial charge in [-0.05, 0) is 35.4 Å². The number of hydrogen-bond acceptors (Lipinski definition) is 4. The van der Waals surface area contributed by atoms with Crippen LogP contribution < -0.4 is 14.8 Å². The normalized spacial score (nSPS) is 18.6. The van der Waals surface area contributed by atoms with E-state index in [-0.39, 0.29) is 12.8 Å². The molecular weight excluding hydrogens is 347 g/mol. The van der Waals surface area contributed by atoms with Gasteiger partial charge in [0.05, 0.1) is 6.04 Å². The predicted octanol–water partition coefficient (Wildman–Crippen LogP) is 3.72. The summed E-state index contributed by atoms with van der Waals surface area (Å²) < 4.78 is 11.0. The molecule has 126 valence electrons. The van der Waals surface area contributed by atoms with Crippen molar-refractivity contribution < 1.29 is 9.47 Å². The lowest BCUT2D eigenvalue weighted by Crippen LogP contribution is -2.45. The van der Waals surface area contributed by atoms with E-state index < -0.39 is 0 Å². The van der Waals surface area contributed by atoms with Gasteiger partial charge in [-0.25, -0.2) is 0 Å². The molecular formula is C18H18Cl2N2O2. The fraction of sp³-hybridized carbons (Fsp3) is 0.333. The molecule has 4 nitrogen and oxygen atoms in total. The van der Waals surface area contributed by atoms with Crippen molar-refractivity contribution in [2.45, 2.75) is 6.04 Å². The lowest BCUT2D eigenvalue weighted by atomic mass is 9.96. The molecule has 1 atom stereocenters. The molecule has 0 radical (unpaired) electrons. The molecule has 2 heterocycles. The Morgan fingerprint density at radius 2 is 1.75 bits per heavy atom. The topological polar surface area (TPSA) is 33.7 Å². The Labute approximate surface area is 151 Å². The number of nitrogens with one attached hydrogen (secondary N) is 1. The second-order valence-electron chi connectivity index (χ2n) is 5.97. The van der Waals surface area contributed by atoms with Gasteiger partial charge in [0.1, 0.15) is 0 Å². The van der Waals surface area contributed by atoms with E-state index in [1.54, 1.807) is 6.07 Å². The van der Waals surface area contributed by atoms with Crippen LogP contribution in [0.15, 0.2) is 36.4 Å². The Morgan fingerprint density at radius 1 is 0.958 bits per heavy atom. The van der Waals surface area contributed by atoms with E-state index in [1.165, 1.54) is 0 Å². The molecule has 1 N–H and O–H groups in total. The van der Waals surface area contributed by atoms with E-state index in [4.69, 9.17) is 32.7 Å². The SMILES string of the molecule is Clc1ccc(C(c2ccc3c(c2)OCO3)N2CCNCC2)c(Cl)c1. The van der Waals surface area contributed by atoms with Crippen LogP contribution in [0.25, 0.3) is 0 Å². The quantitative estimate of drug-likeness (QED) is 0.899. The van der Waals surface area contributed by atoms with Gasteiger partial charge < -0.3 is 14.8 Å². The van der Waals surface area contributed by atoms with Crippen molar-refractivity contribution in [3.05, 3.63) is 57.6 Å². The lowest BCUT2D eigenvalue weighted by molar-refractivity contribution is 0.173. The third-order valence-electron chi connectivity index (χ3n) is 4.49. The molecule has 2 aromatic rings. The summed E-state index contributed by atoms with van der Waals surface area (Å²) in [6, 6.07) is 11.9. The Kier molecular flexibility index (Phi) is 4.55. The number of ether oxygens (including phenoxy) is 2. The summed E-state index contributed by atoms with van der Waals surface area (Å²) in [6.07, 6.45) is 0. The highest BCUT2D eigenvalue weighted by atomic mass is 35.5. The Balaban J connectivity index is 1.77. The molecule has 0 aliphatic carbocycles. The average molecular weight is 365 g/mol. The smallest absolute Gasteiger partial charge is 0.231 e. The highest BCUT2D eigenvalue weighted by molar-refractivity contribution is 6.35. The minimum absolute atomic E-state index is 0.0615. The minimum atomic E-state index is 0.0615. The number of rotatable bonds is 3. The molecule has 4 rings (SSSR count). The zero-order valence-corrected chi connectivity index (χ0v) is 14.6. The second-order valence-corrected chi connectivity index (χ2v) is 6.81. The molecule has 2 aromatic carbocycles. The number of fused-ring (bicyclic) bond motifs is 1. The van der Waals surface area contributed by atoms with Gasteiger partial charge in [-0.1, -0.05) is 35.3 Å². The summed E-state index contributed by atoms with van der Waals surface area (Å²) in [5.74, 6) is 1.58. The molecule has 2 aliphatic heterocycles. The fourth-order valence-electron chi connectivity index (χ4n) is 3.33. The van der Waals surface area contributed by atoms with E-state index in [2.05, 4.69) is 22.3 Å². The Bertz CT molecular complexity index is 748. The summed E-state index contributed by atoms with van der Waals surface area (Å²) in [7, 11) is 0. The molecule has 1 unspecified atom stereocenters. The van der Waals surface area contributed by atoms with Crippen molar-refractivity contribution in [2.75, 3.05) is 33.0 Å². The van der Waals surface area contributed by atoms with Crippen molar-refractivity contribution in [1.29, 1.82) is 0 Å². The number of halogens is 2. The van der Waals surface area contributed by atoms with E-state index in [0.717, 1.165) is 48.8 Å². The lowest BCUT2D eigenvalue weighted by Gasteiger charge is -2.36. The van der Waals surface area contributed by atoms with Gasteiger partial charge in [0, 0.05) is 36.2 Å². The molecule has 0 bridgehead atoms. The van der Waals surface area contributed by atoms with Gasteiger partial charge >= 0.3 is 0 Å². The van der Waals surface area contributed by atoms with Crippen LogP contribution in [0.2, 0.25) is 10.0 Å². The molecule has 6 heteroatoms. The fourth-order valence-corrected chi connectivity index (χ4v) is 3.85. The zero-order chi connectivity index (χ0) is 16.5. The molecule has 1 fully saturated rings. The van der Waals surface area contributed by atoms with Gasteiger partial charge in [0.15, 0.2) is 11.5 Å². The van der Waals surface area contributed by atoms with Crippen LogP contribution in [-0.2, 0) is 0 Å². The first-order valence-corrected chi connectivity index (χ1v) is 8.77. The Morgan fingerprint density at radius 3 is 2.54 bits per heavy atom. The summed E-state index contributed by atoms with van der Waals surface area (Å²) in [4.78, 5) is 2.43. The summed E-state index contributed by atoms with van der Waals surface area (Å²) in [6.45, 7) is 4.12. The van der Waals surface area contributed by atoms with E-state index >= 15 is 0 Å². The first kappa shape index (κ1) is 16.0. The van der Waals surface area contributed by atoms with Crippen LogP contribution >= 0.6 is 23.2 Å². The number of benzene rings is 2. The third kappa shape index (κ3) is 3.07. The molecule has 0 saturated carbocycles. The first-order chi connectivity index (χ1) is 11.7. The van der Waals surface area contributed by atoms with Crippen LogP contribution in [0.1, 0.15) is 17.2 Å². The molecule has 0 amide bonds. The van der Waals surface area contributed by atoms with Gasteiger partial charge in [0.25, 0.3) is 0 Å². The second kappa shape index (κ2) is 6.81. The number of piperazine rings is 1. The van der Waals surface area contributed by atoms with E-state index in [9.17, 15) is 0 Å². The zero-order valence-electron chi connectivity index (χ0n) is 13.1. The predicted molar refractivity (Wildman–Crippen MR) is 95.3 cm³/mol. The van der Waals surface area contributed by atoms with Gasteiger partial charge in [-0.15, -0.1) is 0 Å². The largest absolute Gasteiger partial charge is 0.454 e. The van der Waals surface area contributed by atoms with Gasteiger partial charge in [-0.2, -0.15) is 0 Å². The van der Waals surface area contributed by atoms with Crippen LogP contribution in [0.3, 0.4) is 0 Å². The maximum atomic E-state index is 6.53. The standard InChI is InChI=1S/C18H18Cl2N2O2/c19-13-2-3-14(15(20)10-13)18(22-7-5-21-6-8-22)12-1-4-16-17(9-12)24-11-23-16/h1-4,9-10,18,21H,5-8,11H2. The summed E-state index contributed by atoms with van der Waals surface area (Å²) >= 11 is 12.6. The van der Waals surface area contributed by atoms with Crippen LogP contribution in [0, 0.1) is 0 Å². The molecule has 0 aromatic heterocycles. The summed E-state index contributed by atoms with van der Waals surface area (Å²) in [5.41, 5.74) is 2.20. The van der Waals surface area contributed by atoms with Crippen LogP contribution in [-0.4, -0.2) is 37.9 Å². The molecule has 2 aliphatic rings. The van der Waals surface area contributed by atoms with Crippen LogP contribution in [0.5, 0.6) is 11.5 Å². The molecule has 0 spiro atoms. The third-order valence-corrected chi connectivity index (χ3v) is 5.05. The average Bonchev–Trinajstić information content (AvgIpc) is 3.06. The van der Waals surface area contributed by atoms with E-state index in [1.807, 2.05) is 18.2 Å². The number of nitrogens with zero attached hydrogens (tertiary/aromatic N) is 1. The summed E-state index contributed by atoms with van der Waals surface area (Å²) in [5, 5.41) is 4.73. The van der Waals surface area contributed by atoms with Crippen molar-refractivity contribution in [1.82, 2.24) is 10.2 Å². The highest BCUT2D eigenvalue weighted by Crippen LogP contribution is 2.40. The maximum absolute atomic E-state index is 6.53. The maximum Gasteiger partial charge on any atom is 0.231 e. The van der Waals surface area contributed by atoms with Gasteiger partial charge in [-0.3, -0.25) is 4.90 Å². The van der Waals surface area contributed by atoms with Crippen molar-refractivity contribution in [3.8, 4) is 11.5 Å². The highest BCUT2D eigenvalue weighted by Gasteiger charge is 2.27. The van der Waals surface area contributed by atoms with Crippen molar-refractivity contribution in [3.63, 3.8) is 0 Å². The molecule has 1 saturated heterocycles. The minimum Gasteiger partial charge on any atom is -0.454 e. The first-order valence-electron chi connectivity index (χ1n) is 8.01. The van der Waals surface area contributed by atoms with Crippen molar-refractivity contribution >= 4 is 23.2 Å².